The molecule has 1 saturated heterocycles. The fourth-order valence-corrected chi connectivity index (χ4v) is 2.66. The molecule has 2 atom stereocenters. The van der Waals surface area contributed by atoms with E-state index in [4.69, 9.17) is 4.52 Å². The lowest BCUT2D eigenvalue weighted by Crippen LogP contribution is -2.50. The molecule has 0 saturated carbocycles. The summed E-state index contributed by atoms with van der Waals surface area (Å²) in [4.78, 5) is 20.9. The zero-order valence-electron chi connectivity index (χ0n) is 15.0. The lowest BCUT2D eigenvalue weighted by molar-refractivity contribution is -0.128. The molecule has 0 aliphatic carbocycles. The molecule has 0 aromatic carbocycles. The summed E-state index contributed by atoms with van der Waals surface area (Å²) in [6.45, 7) is 7.81. The molecule has 3 rings (SSSR count). The Kier molecular flexibility index (Phi) is 8.46. The lowest BCUT2D eigenvalue weighted by Gasteiger charge is -2.32. The highest BCUT2D eigenvalue weighted by molar-refractivity contribution is 5.85. The number of amides is 1. The SMILES string of the molecule is CC(C)C(NC(=O)C(C)C1CNC1)c1nc(-c2ccncc2)no1.Cl.Cl. The van der Waals surface area contributed by atoms with E-state index >= 15 is 0 Å². The maximum Gasteiger partial charge on any atom is 0.249 e. The number of carbonyl (C=O) groups excluding carboxylic acids is 1. The van der Waals surface area contributed by atoms with Crippen molar-refractivity contribution >= 4 is 30.7 Å². The van der Waals surface area contributed by atoms with Gasteiger partial charge in [0.2, 0.25) is 17.6 Å². The number of nitrogens with zero attached hydrogens (tertiary/aromatic N) is 3. The first-order chi connectivity index (χ1) is 11.6. The Bertz CT molecular complexity index is 691. The van der Waals surface area contributed by atoms with E-state index in [2.05, 4.69) is 25.8 Å². The van der Waals surface area contributed by atoms with E-state index in [9.17, 15) is 4.79 Å². The van der Waals surface area contributed by atoms with Crippen molar-refractivity contribution in [3.63, 3.8) is 0 Å². The largest absolute Gasteiger partial charge is 0.344 e. The molecule has 7 nitrogen and oxygen atoms in total. The van der Waals surface area contributed by atoms with Crippen LogP contribution in [-0.2, 0) is 4.79 Å². The van der Waals surface area contributed by atoms with Gasteiger partial charge in [0.1, 0.15) is 6.04 Å². The quantitative estimate of drug-likeness (QED) is 0.772. The van der Waals surface area contributed by atoms with E-state index in [1.807, 2.05) is 32.9 Å². The molecule has 1 fully saturated rings. The topological polar surface area (TPSA) is 92.9 Å². The first kappa shape index (κ1) is 22.3. The van der Waals surface area contributed by atoms with Crippen LogP contribution >= 0.6 is 24.8 Å². The Balaban J connectivity index is 0.00000169. The van der Waals surface area contributed by atoms with E-state index in [0.29, 0.717) is 17.6 Å². The van der Waals surface area contributed by atoms with Crippen molar-refractivity contribution < 1.29 is 9.32 Å². The predicted molar refractivity (Wildman–Crippen MR) is 103 cm³/mol. The Hall–Kier alpha value is -1.70. The molecule has 0 bridgehead atoms. The lowest BCUT2D eigenvalue weighted by atomic mass is 9.88. The molecule has 144 valence electrons. The van der Waals surface area contributed by atoms with Gasteiger partial charge in [0, 0.05) is 23.9 Å². The minimum atomic E-state index is -0.295. The van der Waals surface area contributed by atoms with E-state index in [1.54, 1.807) is 12.4 Å². The van der Waals surface area contributed by atoms with Gasteiger partial charge in [0.05, 0.1) is 0 Å². The molecule has 2 aromatic heterocycles. The van der Waals surface area contributed by atoms with Gasteiger partial charge in [-0.1, -0.05) is 25.9 Å². The first-order valence-electron chi connectivity index (χ1n) is 8.31. The van der Waals surface area contributed by atoms with Gasteiger partial charge in [0.15, 0.2) is 0 Å². The number of carbonyl (C=O) groups is 1. The summed E-state index contributed by atoms with van der Waals surface area (Å²) in [7, 11) is 0. The molecule has 0 spiro atoms. The number of rotatable bonds is 6. The molecule has 9 heteroatoms. The van der Waals surface area contributed by atoms with Crippen LogP contribution in [-0.4, -0.2) is 34.1 Å². The van der Waals surface area contributed by atoms with Crippen LogP contribution in [0, 0.1) is 17.8 Å². The summed E-state index contributed by atoms with van der Waals surface area (Å²) < 4.78 is 5.42. The summed E-state index contributed by atoms with van der Waals surface area (Å²) in [6.07, 6.45) is 3.36. The highest BCUT2D eigenvalue weighted by Gasteiger charge is 2.32. The van der Waals surface area contributed by atoms with Gasteiger partial charge in [0.25, 0.3) is 0 Å². The molecule has 2 aromatic rings. The van der Waals surface area contributed by atoms with Crippen molar-refractivity contribution in [1.29, 1.82) is 0 Å². The number of halogens is 2. The minimum absolute atomic E-state index is 0. The Labute approximate surface area is 165 Å². The monoisotopic (exact) mass is 401 g/mol. The molecular formula is C17H25Cl2N5O2. The molecule has 2 N–H and O–H groups in total. The summed E-state index contributed by atoms with van der Waals surface area (Å²) in [5.41, 5.74) is 0.836. The van der Waals surface area contributed by atoms with Gasteiger partial charge < -0.3 is 15.2 Å². The zero-order valence-corrected chi connectivity index (χ0v) is 16.6. The number of pyridine rings is 1. The average molecular weight is 402 g/mol. The second-order valence-electron chi connectivity index (χ2n) is 6.63. The second-order valence-corrected chi connectivity index (χ2v) is 6.63. The fraction of sp³-hybridized carbons (Fsp3) is 0.529. The van der Waals surface area contributed by atoms with Crippen LogP contribution in [0.25, 0.3) is 11.4 Å². The van der Waals surface area contributed by atoms with E-state index in [1.165, 1.54) is 0 Å². The number of nitrogens with one attached hydrogen (secondary N) is 2. The Morgan fingerprint density at radius 1 is 1.23 bits per heavy atom. The molecular weight excluding hydrogens is 377 g/mol. The van der Waals surface area contributed by atoms with Gasteiger partial charge in [-0.2, -0.15) is 4.98 Å². The molecule has 1 aliphatic heterocycles. The summed E-state index contributed by atoms with van der Waals surface area (Å²) >= 11 is 0. The van der Waals surface area contributed by atoms with Crippen LogP contribution in [0.1, 0.15) is 32.7 Å². The maximum atomic E-state index is 12.5. The van der Waals surface area contributed by atoms with Crippen molar-refractivity contribution in [2.75, 3.05) is 13.1 Å². The average Bonchev–Trinajstić information content (AvgIpc) is 3.00. The van der Waals surface area contributed by atoms with Gasteiger partial charge in [-0.3, -0.25) is 9.78 Å². The van der Waals surface area contributed by atoms with Crippen LogP contribution in [0.5, 0.6) is 0 Å². The van der Waals surface area contributed by atoms with Crippen LogP contribution in [0.3, 0.4) is 0 Å². The standard InChI is InChI=1S/C17H23N5O2.2ClH/c1-10(2)14(20-16(23)11(3)13-8-19-9-13)17-21-15(22-24-17)12-4-6-18-7-5-12;;/h4-7,10-11,13-14,19H,8-9H2,1-3H3,(H,20,23);2*1H. The van der Waals surface area contributed by atoms with Crippen molar-refractivity contribution in [1.82, 2.24) is 25.8 Å². The number of aromatic nitrogens is 3. The highest BCUT2D eigenvalue weighted by atomic mass is 35.5. The van der Waals surface area contributed by atoms with Gasteiger partial charge in [-0.25, -0.2) is 0 Å². The van der Waals surface area contributed by atoms with E-state index in [0.717, 1.165) is 18.7 Å². The van der Waals surface area contributed by atoms with E-state index < -0.39 is 0 Å². The van der Waals surface area contributed by atoms with Crippen LogP contribution in [0.4, 0.5) is 0 Å². The van der Waals surface area contributed by atoms with E-state index in [-0.39, 0.29) is 48.6 Å². The third-order valence-corrected chi connectivity index (χ3v) is 4.54. The Morgan fingerprint density at radius 2 is 1.88 bits per heavy atom. The van der Waals surface area contributed by atoms with Crippen molar-refractivity contribution in [2.24, 2.45) is 17.8 Å². The summed E-state index contributed by atoms with van der Waals surface area (Å²) in [5.74, 6) is 1.48. The fourth-order valence-electron chi connectivity index (χ4n) is 2.66. The molecule has 26 heavy (non-hydrogen) atoms. The highest BCUT2D eigenvalue weighted by Crippen LogP contribution is 2.25. The third kappa shape index (κ3) is 4.93. The number of hydrogen-bond donors (Lipinski definition) is 2. The van der Waals surface area contributed by atoms with Crippen LogP contribution < -0.4 is 10.6 Å². The van der Waals surface area contributed by atoms with Crippen LogP contribution in [0.2, 0.25) is 0 Å². The zero-order chi connectivity index (χ0) is 17.1. The summed E-state index contributed by atoms with van der Waals surface area (Å²) in [6, 6.07) is 3.35. The smallest absolute Gasteiger partial charge is 0.249 e. The van der Waals surface area contributed by atoms with Gasteiger partial charge in [-0.15, -0.1) is 24.8 Å². The van der Waals surface area contributed by atoms with Crippen molar-refractivity contribution in [3.8, 4) is 11.4 Å². The first-order valence-corrected chi connectivity index (χ1v) is 8.31. The minimum Gasteiger partial charge on any atom is -0.344 e. The van der Waals surface area contributed by atoms with Gasteiger partial charge >= 0.3 is 0 Å². The molecule has 1 amide bonds. The molecule has 1 aliphatic rings. The van der Waals surface area contributed by atoms with Crippen molar-refractivity contribution in [2.45, 2.75) is 26.8 Å². The second kappa shape index (κ2) is 9.85. The summed E-state index contributed by atoms with van der Waals surface area (Å²) in [5, 5.41) is 10.3. The van der Waals surface area contributed by atoms with Crippen LogP contribution in [0.15, 0.2) is 29.0 Å². The molecule has 0 radical (unpaired) electrons. The normalized spacial score (nSPS) is 16.0. The predicted octanol–water partition coefficient (Wildman–Crippen LogP) is 2.64. The maximum absolute atomic E-state index is 12.5. The Morgan fingerprint density at radius 3 is 2.42 bits per heavy atom. The molecule has 3 heterocycles. The van der Waals surface area contributed by atoms with Gasteiger partial charge in [-0.05, 0) is 37.1 Å². The molecule has 2 unspecified atom stereocenters. The third-order valence-electron chi connectivity index (χ3n) is 4.54. The number of hydrogen-bond acceptors (Lipinski definition) is 6. The van der Waals surface area contributed by atoms with Crippen molar-refractivity contribution in [3.05, 3.63) is 30.4 Å².